The predicted octanol–water partition coefficient (Wildman–Crippen LogP) is 4.04. The Balaban J connectivity index is 2.19. The van der Waals surface area contributed by atoms with Crippen LogP contribution in [-0.4, -0.2) is 6.10 Å². The van der Waals surface area contributed by atoms with E-state index in [1.165, 1.54) is 0 Å². The highest BCUT2D eigenvalue weighted by Crippen LogP contribution is 2.32. The van der Waals surface area contributed by atoms with Gasteiger partial charge in [0.1, 0.15) is 6.10 Å². The highest BCUT2D eigenvalue weighted by atomic mass is 127. The van der Waals surface area contributed by atoms with Crippen LogP contribution in [0.5, 0.6) is 5.75 Å². The van der Waals surface area contributed by atoms with Crippen molar-refractivity contribution in [3.05, 3.63) is 38.9 Å². The van der Waals surface area contributed by atoms with Gasteiger partial charge in [-0.3, -0.25) is 0 Å². The van der Waals surface area contributed by atoms with Crippen molar-refractivity contribution in [2.75, 3.05) is 0 Å². The van der Waals surface area contributed by atoms with Gasteiger partial charge >= 0.3 is 0 Å². The minimum atomic E-state index is 0.198. The molecule has 0 amide bonds. The van der Waals surface area contributed by atoms with Crippen LogP contribution in [0.15, 0.2) is 30.4 Å². The first-order valence-corrected chi connectivity index (χ1v) is 6.00. The Morgan fingerprint density at radius 2 is 2.29 bits per heavy atom. The summed E-state index contributed by atoms with van der Waals surface area (Å²) in [4.78, 5) is 0. The van der Waals surface area contributed by atoms with Crippen molar-refractivity contribution in [2.24, 2.45) is 0 Å². The maximum Gasteiger partial charge on any atom is 0.152 e. The zero-order valence-electron chi connectivity index (χ0n) is 7.54. The molecule has 1 atom stereocenters. The van der Waals surface area contributed by atoms with Crippen molar-refractivity contribution in [1.82, 2.24) is 0 Å². The van der Waals surface area contributed by atoms with E-state index < -0.39 is 0 Å². The lowest BCUT2D eigenvalue weighted by Crippen LogP contribution is -2.10. The van der Waals surface area contributed by atoms with Crippen LogP contribution in [0, 0.1) is 3.57 Å². The lowest BCUT2D eigenvalue weighted by atomic mass is 10.3. The molecule has 0 fully saturated rings. The van der Waals surface area contributed by atoms with Gasteiger partial charge in [-0.2, -0.15) is 0 Å². The van der Waals surface area contributed by atoms with Crippen LogP contribution in [-0.2, 0) is 0 Å². The number of halogens is 2. The van der Waals surface area contributed by atoms with E-state index in [0.717, 1.165) is 22.2 Å². The monoisotopic (exact) mass is 320 g/mol. The summed E-state index contributed by atoms with van der Waals surface area (Å²) in [7, 11) is 0. The van der Waals surface area contributed by atoms with E-state index in [2.05, 4.69) is 34.7 Å². The third-order valence-electron chi connectivity index (χ3n) is 2.16. The Kier molecular flexibility index (Phi) is 3.34. The van der Waals surface area contributed by atoms with Crippen molar-refractivity contribution in [2.45, 2.75) is 18.9 Å². The minimum Gasteiger partial charge on any atom is -0.484 e. The van der Waals surface area contributed by atoms with Gasteiger partial charge in [0.25, 0.3) is 0 Å². The first kappa shape index (κ1) is 10.3. The normalized spacial score (nSPS) is 20.0. The smallest absolute Gasteiger partial charge is 0.152 e. The molecule has 0 heterocycles. The molecule has 1 nitrogen and oxygen atoms in total. The molecule has 0 saturated heterocycles. The Labute approximate surface area is 102 Å². The largest absolute Gasteiger partial charge is 0.484 e. The van der Waals surface area contributed by atoms with E-state index in [1.807, 2.05) is 18.2 Å². The molecule has 0 spiro atoms. The molecule has 0 saturated carbocycles. The summed E-state index contributed by atoms with van der Waals surface area (Å²) >= 11 is 8.29. The van der Waals surface area contributed by atoms with Crippen molar-refractivity contribution in [3.8, 4) is 5.75 Å². The van der Waals surface area contributed by atoms with E-state index >= 15 is 0 Å². The number of allylic oxidation sites excluding steroid dienone is 1. The fourth-order valence-corrected chi connectivity index (χ4v) is 2.45. The molecular formula is C11H10ClIO. The van der Waals surface area contributed by atoms with Crippen LogP contribution < -0.4 is 4.74 Å². The summed E-state index contributed by atoms with van der Waals surface area (Å²) in [5, 5.41) is 0.692. The summed E-state index contributed by atoms with van der Waals surface area (Å²) < 4.78 is 6.88. The number of ether oxygens (including phenoxy) is 1. The average molecular weight is 321 g/mol. The molecular weight excluding hydrogens is 310 g/mol. The SMILES string of the molecule is Clc1cccc(I)c1OC1C=CCC1. The molecule has 1 unspecified atom stereocenters. The number of hydrogen-bond acceptors (Lipinski definition) is 1. The van der Waals surface area contributed by atoms with Crippen molar-refractivity contribution < 1.29 is 4.74 Å². The average Bonchev–Trinajstić information content (AvgIpc) is 2.64. The first-order chi connectivity index (χ1) is 6.77. The van der Waals surface area contributed by atoms with Gasteiger partial charge < -0.3 is 4.74 Å². The van der Waals surface area contributed by atoms with Gasteiger partial charge in [-0.25, -0.2) is 0 Å². The fourth-order valence-electron chi connectivity index (χ4n) is 1.45. The van der Waals surface area contributed by atoms with Gasteiger partial charge in [-0.15, -0.1) is 0 Å². The summed E-state index contributed by atoms with van der Waals surface area (Å²) in [5.41, 5.74) is 0. The van der Waals surface area contributed by atoms with E-state index in [-0.39, 0.29) is 6.10 Å². The molecule has 0 N–H and O–H groups in total. The maximum absolute atomic E-state index is 6.05. The molecule has 1 aliphatic carbocycles. The van der Waals surface area contributed by atoms with Crippen LogP contribution in [0.4, 0.5) is 0 Å². The molecule has 0 radical (unpaired) electrons. The van der Waals surface area contributed by atoms with Crippen LogP contribution in [0.3, 0.4) is 0 Å². The van der Waals surface area contributed by atoms with Gasteiger partial charge in [-0.1, -0.05) is 23.7 Å². The zero-order valence-corrected chi connectivity index (χ0v) is 10.5. The topological polar surface area (TPSA) is 9.23 Å². The Morgan fingerprint density at radius 1 is 1.43 bits per heavy atom. The zero-order chi connectivity index (χ0) is 9.97. The highest BCUT2D eigenvalue weighted by molar-refractivity contribution is 14.1. The second-order valence-electron chi connectivity index (χ2n) is 3.21. The van der Waals surface area contributed by atoms with Gasteiger partial charge in [-0.05, 0) is 53.6 Å². The van der Waals surface area contributed by atoms with Crippen molar-refractivity contribution >= 4 is 34.2 Å². The molecule has 0 bridgehead atoms. The molecule has 0 aromatic heterocycles. The summed E-state index contributed by atoms with van der Waals surface area (Å²) in [5.74, 6) is 0.811. The molecule has 1 aliphatic rings. The standard InChI is InChI=1S/C11H10ClIO/c12-9-6-3-7-10(13)11(9)14-8-4-1-2-5-8/h1,3-4,6-8H,2,5H2. The molecule has 1 aromatic carbocycles. The summed E-state index contributed by atoms with van der Waals surface area (Å²) in [6.07, 6.45) is 6.60. The lowest BCUT2D eigenvalue weighted by molar-refractivity contribution is 0.247. The van der Waals surface area contributed by atoms with Gasteiger partial charge in [0.15, 0.2) is 5.75 Å². The van der Waals surface area contributed by atoms with Crippen LogP contribution in [0.1, 0.15) is 12.8 Å². The van der Waals surface area contributed by atoms with Crippen LogP contribution >= 0.6 is 34.2 Å². The quantitative estimate of drug-likeness (QED) is 0.590. The number of hydrogen-bond donors (Lipinski definition) is 0. The minimum absolute atomic E-state index is 0.198. The van der Waals surface area contributed by atoms with E-state index in [4.69, 9.17) is 16.3 Å². The lowest BCUT2D eigenvalue weighted by Gasteiger charge is -2.14. The second-order valence-corrected chi connectivity index (χ2v) is 4.78. The van der Waals surface area contributed by atoms with Crippen LogP contribution in [0.2, 0.25) is 5.02 Å². The van der Waals surface area contributed by atoms with E-state index in [1.54, 1.807) is 0 Å². The van der Waals surface area contributed by atoms with Gasteiger partial charge in [0, 0.05) is 0 Å². The Morgan fingerprint density at radius 3 is 2.93 bits per heavy atom. The Bertz CT molecular complexity index is 342. The number of para-hydroxylation sites is 1. The maximum atomic E-state index is 6.05. The molecule has 2 rings (SSSR count). The number of rotatable bonds is 2. The Hall–Kier alpha value is -0.220. The fraction of sp³-hybridized carbons (Fsp3) is 0.273. The molecule has 0 aliphatic heterocycles. The van der Waals surface area contributed by atoms with Crippen molar-refractivity contribution in [1.29, 1.82) is 0 Å². The molecule has 3 heteroatoms. The molecule has 1 aromatic rings. The third-order valence-corrected chi connectivity index (χ3v) is 3.30. The van der Waals surface area contributed by atoms with Gasteiger partial charge in [0.2, 0.25) is 0 Å². The van der Waals surface area contributed by atoms with E-state index in [0.29, 0.717) is 5.02 Å². The first-order valence-electron chi connectivity index (χ1n) is 4.54. The second kappa shape index (κ2) is 4.53. The number of benzene rings is 1. The summed E-state index contributed by atoms with van der Waals surface area (Å²) in [6.45, 7) is 0. The van der Waals surface area contributed by atoms with Crippen LogP contribution in [0.25, 0.3) is 0 Å². The van der Waals surface area contributed by atoms with Crippen molar-refractivity contribution in [3.63, 3.8) is 0 Å². The third kappa shape index (κ3) is 2.23. The molecule has 74 valence electrons. The highest BCUT2D eigenvalue weighted by Gasteiger charge is 2.14. The summed E-state index contributed by atoms with van der Waals surface area (Å²) in [6, 6.07) is 5.79. The predicted molar refractivity (Wildman–Crippen MR) is 67.0 cm³/mol. The molecule has 14 heavy (non-hydrogen) atoms. The van der Waals surface area contributed by atoms with Gasteiger partial charge in [0.05, 0.1) is 8.59 Å². The van der Waals surface area contributed by atoms with E-state index in [9.17, 15) is 0 Å².